The van der Waals surface area contributed by atoms with E-state index in [4.69, 9.17) is 11.6 Å². The summed E-state index contributed by atoms with van der Waals surface area (Å²) in [7, 11) is 1.71. The number of carbonyl (C=O) groups excluding carboxylic acids is 1. The normalized spacial score (nSPS) is 19.7. The van der Waals surface area contributed by atoms with Crippen LogP contribution in [0.15, 0.2) is 18.2 Å². The second kappa shape index (κ2) is 7.93. The second-order valence-corrected chi connectivity index (χ2v) is 6.65. The van der Waals surface area contributed by atoms with Crippen molar-refractivity contribution in [2.24, 2.45) is 11.8 Å². The molecule has 1 amide bonds. The lowest BCUT2D eigenvalue weighted by Crippen LogP contribution is -2.36. The van der Waals surface area contributed by atoms with E-state index in [-0.39, 0.29) is 18.3 Å². The van der Waals surface area contributed by atoms with Gasteiger partial charge in [0.05, 0.1) is 0 Å². The fraction of sp³-hybridized carbons (Fsp3) is 0.588. The van der Waals surface area contributed by atoms with E-state index in [1.807, 2.05) is 0 Å². The Hall–Kier alpha value is -1.13. The standard InChI is InChI=1S/C17H24ClFN2O/c1-12(13-5-4-8-20-10-13)9-17(22)21(2)11-14-15(18)6-3-7-16(14)19/h3,6-7,12-13,20H,4-5,8-11H2,1-2H3. The Bertz CT molecular complexity index is 497. The molecule has 1 heterocycles. The quantitative estimate of drug-likeness (QED) is 0.898. The zero-order valence-corrected chi connectivity index (χ0v) is 14.0. The van der Waals surface area contributed by atoms with Crippen LogP contribution in [0.5, 0.6) is 0 Å². The molecule has 1 aliphatic heterocycles. The number of halogens is 2. The van der Waals surface area contributed by atoms with Crippen LogP contribution in [0.4, 0.5) is 4.39 Å². The summed E-state index contributed by atoms with van der Waals surface area (Å²) in [5.74, 6) is 0.552. The summed E-state index contributed by atoms with van der Waals surface area (Å²) < 4.78 is 13.8. The molecule has 2 rings (SSSR count). The van der Waals surface area contributed by atoms with Crippen molar-refractivity contribution < 1.29 is 9.18 Å². The lowest BCUT2D eigenvalue weighted by molar-refractivity contribution is -0.131. The Labute approximate surface area is 136 Å². The molecule has 1 aromatic rings. The van der Waals surface area contributed by atoms with E-state index in [9.17, 15) is 9.18 Å². The SMILES string of the molecule is CC(CC(=O)N(C)Cc1c(F)cccc1Cl)C1CCCNC1. The molecule has 2 unspecified atom stereocenters. The first kappa shape index (κ1) is 17.2. The summed E-state index contributed by atoms with van der Waals surface area (Å²) in [6, 6.07) is 4.59. The highest BCUT2D eigenvalue weighted by Crippen LogP contribution is 2.24. The van der Waals surface area contributed by atoms with Gasteiger partial charge in [-0.3, -0.25) is 4.79 Å². The predicted molar refractivity (Wildman–Crippen MR) is 87.3 cm³/mol. The van der Waals surface area contributed by atoms with Crippen LogP contribution in [-0.2, 0) is 11.3 Å². The Morgan fingerprint density at radius 2 is 2.32 bits per heavy atom. The molecule has 1 aliphatic rings. The van der Waals surface area contributed by atoms with Gasteiger partial charge in [-0.15, -0.1) is 0 Å². The van der Waals surface area contributed by atoms with Gasteiger partial charge in [0.15, 0.2) is 0 Å². The Balaban J connectivity index is 1.91. The molecule has 0 aromatic heterocycles. The molecule has 2 atom stereocenters. The van der Waals surface area contributed by atoms with Gasteiger partial charge in [-0.05, 0) is 49.9 Å². The molecule has 1 N–H and O–H groups in total. The molecule has 0 spiro atoms. The average molecular weight is 327 g/mol. The molecule has 122 valence electrons. The number of benzene rings is 1. The van der Waals surface area contributed by atoms with Crippen LogP contribution < -0.4 is 5.32 Å². The van der Waals surface area contributed by atoms with Gasteiger partial charge in [0, 0.05) is 30.6 Å². The van der Waals surface area contributed by atoms with Gasteiger partial charge < -0.3 is 10.2 Å². The van der Waals surface area contributed by atoms with Gasteiger partial charge in [0.2, 0.25) is 5.91 Å². The van der Waals surface area contributed by atoms with Crippen molar-refractivity contribution in [3.8, 4) is 0 Å². The maximum absolute atomic E-state index is 13.8. The van der Waals surface area contributed by atoms with Crippen molar-refractivity contribution >= 4 is 17.5 Å². The number of hydrogen-bond donors (Lipinski definition) is 1. The first-order chi connectivity index (χ1) is 10.5. The molecular formula is C17H24ClFN2O. The lowest BCUT2D eigenvalue weighted by atomic mass is 9.85. The zero-order valence-electron chi connectivity index (χ0n) is 13.2. The minimum atomic E-state index is -0.364. The lowest BCUT2D eigenvalue weighted by Gasteiger charge is -2.29. The molecule has 1 aromatic carbocycles. The molecule has 3 nitrogen and oxygen atoms in total. The Kier molecular flexibility index (Phi) is 6.21. The van der Waals surface area contributed by atoms with Crippen molar-refractivity contribution in [2.45, 2.75) is 32.7 Å². The van der Waals surface area contributed by atoms with Crippen molar-refractivity contribution in [3.05, 3.63) is 34.6 Å². The van der Waals surface area contributed by atoms with E-state index in [1.54, 1.807) is 24.1 Å². The molecule has 5 heteroatoms. The third-order valence-corrected chi connectivity index (χ3v) is 4.87. The van der Waals surface area contributed by atoms with E-state index in [2.05, 4.69) is 12.2 Å². The molecule has 22 heavy (non-hydrogen) atoms. The monoisotopic (exact) mass is 326 g/mol. The van der Waals surface area contributed by atoms with Crippen molar-refractivity contribution in [3.63, 3.8) is 0 Å². The summed E-state index contributed by atoms with van der Waals surface area (Å²) in [4.78, 5) is 13.9. The maximum atomic E-state index is 13.8. The second-order valence-electron chi connectivity index (χ2n) is 6.24. The average Bonchev–Trinajstić information content (AvgIpc) is 2.51. The van der Waals surface area contributed by atoms with Crippen LogP contribution in [0, 0.1) is 17.7 Å². The van der Waals surface area contributed by atoms with Gasteiger partial charge in [-0.1, -0.05) is 24.6 Å². The number of carbonyl (C=O) groups is 1. The van der Waals surface area contributed by atoms with E-state index >= 15 is 0 Å². The van der Waals surface area contributed by atoms with Crippen LogP contribution in [-0.4, -0.2) is 30.9 Å². The topological polar surface area (TPSA) is 32.3 Å². The van der Waals surface area contributed by atoms with Crippen LogP contribution in [0.3, 0.4) is 0 Å². The summed E-state index contributed by atoms with van der Waals surface area (Å²) in [5, 5.41) is 3.75. The summed E-state index contributed by atoms with van der Waals surface area (Å²) in [6.45, 7) is 4.39. The first-order valence-electron chi connectivity index (χ1n) is 7.86. The minimum absolute atomic E-state index is 0.0393. The van der Waals surface area contributed by atoms with Crippen molar-refractivity contribution in [1.29, 1.82) is 0 Å². The first-order valence-corrected chi connectivity index (χ1v) is 8.24. The fourth-order valence-corrected chi connectivity index (χ4v) is 3.19. The fourth-order valence-electron chi connectivity index (χ4n) is 2.97. The zero-order chi connectivity index (χ0) is 16.1. The molecular weight excluding hydrogens is 303 g/mol. The summed E-state index contributed by atoms with van der Waals surface area (Å²) in [5.41, 5.74) is 0.381. The number of hydrogen-bond acceptors (Lipinski definition) is 2. The molecule has 1 fully saturated rings. The van der Waals surface area contributed by atoms with Crippen LogP contribution >= 0.6 is 11.6 Å². The summed E-state index contributed by atoms with van der Waals surface area (Å²) >= 11 is 6.02. The van der Waals surface area contributed by atoms with Gasteiger partial charge in [0.25, 0.3) is 0 Å². The third-order valence-electron chi connectivity index (χ3n) is 4.52. The van der Waals surface area contributed by atoms with Crippen molar-refractivity contribution in [2.75, 3.05) is 20.1 Å². The highest BCUT2D eigenvalue weighted by molar-refractivity contribution is 6.31. The maximum Gasteiger partial charge on any atom is 0.222 e. The van der Waals surface area contributed by atoms with Crippen LogP contribution in [0.1, 0.15) is 31.7 Å². The molecule has 0 saturated carbocycles. The van der Waals surface area contributed by atoms with Crippen molar-refractivity contribution in [1.82, 2.24) is 10.2 Å². The summed E-state index contributed by atoms with van der Waals surface area (Å²) in [6.07, 6.45) is 2.84. The largest absolute Gasteiger partial charge is 0.341 e. The Morgan fingerprint density at radius 3 is 2.95 bits per heavy atom. The van der Waals surface area contributed by atoms with Gasteiger partial charge >= 0.3 is 0 Å². The number of rotatable bonds is 5. The van der Waals surface area contributed by atoms with E-state index in [0.717, 1.165) is 13.1 Å². The smallest absolute Gasteiger partial charge is 0.222 e. The van der Waals surface area contributed by atoms with E-state index in [0.29, 0.717) is 28.8 Å². The Morgan fingerprint density at radius 1 is 1.55 bits per heavy atom. The molecule has 0 bridgehead atoms. The van der Waals surface area contributed by atoms with E-state index < -0.39 is 0 Å². The van der Waals surface area contributed by atoms with Gasteiger partial charge in [-0.2, -0.15) is 0 Å². The van der Waals surface area contributed by atoms with Crippen LogP contribution in [0.2, 0.25) is 5.02 Å². The third kappa shape index (κ3) is 4.43. The number of piperidine rings is 1. The van der Waals surface area contributed by atoms with Crippen LogP contribution in [0.25, 0.3) is 0 Å². The predicted octanol–water partition coefficient (Wildman–Crippen LogP) is 3.46. The molecule has 0 radical (unpaired) electrons. The number of amides is 1. The van der Waals surface area contributed by atoms with Gasteiger partial charge in [0.1, 0.15) is 5.82 Å². The number of nitrogens with zero attached hydrogens (tertiary/aromatic N) is 1. The van der Waals surface area contributed by atoms with Gasteiger partial charge in [-0.25, -0.2) is 4.39 Å². The molecule has 0 aliphatic carbocycles. The minimum Gasteiger partial charge on any atom is -0.341 e. The highest BCUT2D eigenvalue weighted by atomic mass is 35.5. The molecule has 1 saturated heterocycles. The van der Waals surface area contributed by atoms with E-state index in [1.165, 1.54) is 18.9 Å². The highest BCUT2D eigenvalue weighted by Gasteiger charge is 2.23. The number of nitrogens with one attached hydrogen (secondary N) is 1.